The molecule has 2 rings (SSSR count). The van der Waals surface area contributed by atoms with E-state index in [0.717, 1.165) is 11.8 Å². The topological polar surface area (TPSA) is 15.3 Å². The summed E-state index contributed by atoms with van der Waals surface area (Å²) < 4.78 is 0. The molecule has 1 saturated carbocycles. The van der Waals surface area contributed by atoms with Gasteiger partial charge in [-0.25, -0.2) is 0 Å². The first-order chi connectivity index (χ1) is 9.56. The fraction of sp³-hybridized carbons (Fsp3) is 1.00. The molecule has 1 N–H and O–H groups in total. The molecule has 2 aliphatic rings. The van der Waals surface area contributed by atoms with Crippen molar-refractivity contribution >= 4 is 11.8 Å². The summed E-state index contributed by atoms with van der Waals surface area (Å²) in [4.78, 5) is 2.84. The van der Waals surface area contributed by atoms with E-state index < -0.39 is 0 Å². The SMILES string of the molecule is CCSCCCN1CC(CC(C)C)NCC1(C)C1CC1. The van der Waals surface area contributed by atoms with E-state index >= 15 is 0 Å². The second kappa shape index (κ2) is 7.51. The Morgan fingerprint density at radius 3 is 2.70 bits per heavy atom. The Kier molecular flexibility index (Phi) is 6.25. The molecule has 0 radical (unpaired) electrons. The largest absolute Gasteiger partial charge is 0.311 e. The van der Waals surface area contributed by atoms with E-state index in [0.29, 0.717) is 11.6 Å². The van der Waals surface area contributed by atoms with Gasteiger partial charge in [-0.15, -0.1) is 0 Å². The standard InChI is InChI=1S/C17H34N2S/c1-5-20-10-6-9-19-12-16(11-14(2)3)18-13-17(19,4)15-7-8-15/h14-16,18H,5-13H2,1-4H3. The van der Waals surface area contributed by atoms with Crippen LogP contribution >= 0.6 is 11.8 Å². The number of rotatable bonds is 8. The number of hydrogen-bond acceptors (Lipinski definition) is 3. The summed E-state index contributed by atoms with van der Waals surface area (Å²) >= 11 is 2.09. The lowest BCUT2D eigenvalue weighted by Gasteiger charge is -2.49. The molecule has 0 amide bonds. The first-order valence-corrected chi connectivity index (χ1v) is 9.78. The van der Waals surface area contributed by atoms with Gasteiger partial charge >= 0.3 is 0 Å². The molecule has 2 fully saturated rings. The van der Waals surface area contributed by atoms with Crippen molar-refractivity contribution in [3.05, 3.63) is 0 Å². The summed E-state index contributed by atoms with van der Waals surface area (Å²) in [6, 6.07) is 0.709. The zero-order valence-electron chi connectivity index (χ0n) is 14.0. The zero-order chi connectivity index (χ0) is 14.6. The normalized spacial score (nSPS) is 31.9. The van der Waals surface area contributed by atoms with Crippen LogP contribution in [-0.2, 0) is 0 Å². The molecule has 2 atom stereocenters. The molecule has 0 spiro atoms. The smallest absolute Gasteiger partial charge is 0.0334 e. The van der Waals surface area contributed by atoms with Gasteiger partial charge < -0.3 is 5.32 Å². The van der Waals surface area contributed by atoms with E-state index in [1.54, 1.807) is 0 Å². The number of nitrogens with one attached hydrogen (secondary N) is 1. The Morgan fingerprint density at radius 1 is 1.35 bits per heavy atom. The maximum Gasteiger partial charge on any atom is 0.0334 e. The third-order valence-electron chi connectivity index (χ3n) is 5.05. The van der Waals surface area contributed by atoms with Crippen LogP contribution in [0.1, 0.15) is 53.4 Å². The molecular weight excluding hydrogens is 264 g/mol. The van der Waals surface area contributed by atoms with Gasteiger partial charge in [-0.3, -0.25) is 4.90 Å². The number of hydrogen-bond donors (Lipinski definition) is 1. The quantitative estimate of drug-likeness (QED) is 0.689. The summed E-state index contributed by atoms with van der Waals surface area (Å²) in [6.07, 6.45) is 5.58. The summed E-state index contributed by atoms with van der Waals surface area (Å²) in [6.45, 7) is 13.2. The van der Waals surface area contributed by atoms with Crippen molar-refractivity contribution < 1.29 is 0 Å². The van der Waals surface area contributed by atoms with E-state index in [2.05, 4.69) is 49.7 Å². The predicted molar refractivity (Wildman–Crippen MR) is 91.6 cm³/mol. The van der Waals surface area contributed by atoms with E-state index in [9.17, 15) is 0 Å². The van der Waals surface area contributed by atoms with E-state index in [-0.39, 0.29) is 0 Å². The Morgan fingerprint density at radius 2 is 2.10 bits per heavy atom. The van der Waals surface area contributed by atoms with Crippen LogP contribution in [0.3, 0.4) is 0 Å². The van der Waals surface area contributed by atoms with Crippen LogP contribution in [0.25, 0.3) is 0 Å². The maximum atomic E-state index is 3.85. The van der Waals surface area contributed by atoms with E-state index in [1.807, 2.05) is 0 Å². The monoisotopic (exact) mass is 298 g/mol. The van der Waals surface area contributed by atoms with Crippen molar-refractivity contribution in [2.24, 2.45) is 11.8 Å². The van der Waals surface area contributed by atoms with Gasteiger partial charge in [-0.2, -0.15) is 11.8 Å². The van der Waals surface area contributed by atoms with Gasteiger partial charge in [0, 0.05) is 24.7 Å². The molecule has 20 heavy (non-hydrogen) atoms. The van der Waals surface area contributed by atoms with Crippen LogP contribution in [0.2, 0.25) is 0 Å². The summed E-state index contributed by atoms with van der Waals surface area (Å²) in [7, 11) is 0. The average molecular weight is 299 g/mol. The van der Waals surface area contributed by atoms with Crippen LogP contribution in [0, 0.1) is 11.8 Å². The van der Waals surface area contributed by atoms with Crippen LogP contribution in [0.15, 0.2) is 0 Å². The van der Waals surface area contributed by atoms with Crippen molar-refractivity contribution in [3.63, 3.8) is 0 Å². The average Bonchev–Trinajstić information content (AvgIpc) is 3.22. The van der Waals surface area contributed by atoms with Gasteiger partial charge in [0.05, 0.1) is 0 Å². The zero-order valence-corrected chi connectivity index (χ0v) is 14.8. The van der Waals surface area contributed by atoms with Crippen LogP contribution in [0.5, 0.6) is 0 Å². The Hall–Kier alpha value is 0.270. The molecule has 118 valence electrons. The van der Waals surface area contributed by atoms with Crippen molar-refractivity contribution in [2.75, 3.05) is 31.1 Å². The molecule has 1 heterocycles. The minimum Gasteiger partial charge on any atom is -0.311 e. The lowest BCUT2D eigenvalue weighted by molar-refractivity contribution is 0.0312. The molecule has 2 unspecified atom stereocenters. The lowest BCUT2D eigenvalue weighted by Crippen LogP contribution is -2.64. The Balaban J connectivity index is 1.88. The van der Waals surface area contributed by atoms with Gasteiger partial charge in [0.25, 0.3) is 0 Å². The second-order valence-corrected chi connectivity index (χ2v) is 8.73. The minimum absolute atomic E-state index is 0.435. The maximum absolute atomic E-state index is 3.85. The highest BCUT2D eigenvalue weighted by Gasteiger charge is 2.47. The van der Waals surface area contributed by atoms with Crippen LogP contribution in [-0.4, -0.2) is 47.6 Å². The second-order valence-electron chi connectivity index (χ2n) is 7.34. The molecule has 2 nitrogen and oxygen atoms in total. The summed E-state index contributed by atoms with van der Waals surface area (Å²) in [5.41, 5.74) is 0.435. The Labute approximate surface area is 130 Å². The highest BCUT2D eigenvalue weighted by molar-refractivity contribution is 7.99. The highest BCUT2D eigenvalue weighted by Crippen LogP contribution is 2.44. The lowest BCUT2D eigenvalue weighted by atomic mass is 9.87. The number of nitrogens with zero attached hydrogens (tertiary/aromatic N) is 1. The van der Waals surface area contributed by atoms with Crippen molar-refractivity contribution in [3.8, 4) is 0 Å². The van der Waals surface area contributed by atoms with E-state index in [4.69, 9.17) is 0 Å². The van der Waals surface area contributed by atoms with Gasteiger partial charge in [0.1, 0.15) is 0 Å². The molecule has 0 aromatic rings. The number of thioether (sulfide) groups is 1. The first kappa shape index (κ1) is 16.6. The third kappa shape index (κ3) is 4.38. The van der Waals surface area contributed by atoms with E-state index in [1.165, 1.54) is 56.8 Å². The predicted octanol–water partition coefficient (Wildman–Crippen LogP) is 3.62. The molecule has 0 bridgehead atoms. The van der Waals surface area contributed by atoms with Gasteiger partial charge in [0.2, 0.25) is 0 Å². The molecule has 3 heteroatoms. The molecule has 1 aliphatic carbocycles. The van der Waals surface area contributed by atoms with Crippen molar-refractivity contribution in [2.45, 2.75) is 65.0 Å². The van der Waals surface area contributed by atoms with Gasteiger partial charge in [0.15, 0.2) is 0 Å². The molecule has 0 aromatic heterocycles. The fourth-order valence-electron chi connectivity index (χ4n) is 3.69. The Bertz CT molecular complexity index is 291. The van der Waals surface area contributed by atoms with Crippen molar-refractivity contribution in [1.82, 2.24) is 10.2 Å². The number of piperazine rings is 1. The highest BCUT2D eigenvalue weighted by atomic mass is 32.2. The first-order valence-electron chi connectivity index (χ1n) is 8.62. The van der Waals surface area contributed by atoms with Crippen LogP contribution < -0.4 is 5.32 Å². The molecule has 0 aromatic carbocycles. The minimum atomic E-state index is 0.435. The summed E-state index contributed by atoms with van der Waals surface area (Å²) in [5.74, 6) is 4.34. The van der Waals surface area contributed by atoms with Gasteiger partial charge in [-0.05, 0) is 62.5 Å². The summed E-state index contributed by atoms with van der Waals surface area (Å²) in [5, 5.41) is 3.85. The van der Waals surface area contributed by atoms with Gasteiger partial charge in [-0.1, -0.05) is 20.8 Å². The molecular formula is C17H34N2S. The van der Waals surface area contributed by atoms with Crippen molar-refractivity contribution in [1.29, 1.82) is 0 Å². The fourth-order valence-corrected chi connectivity index (χ4v) is 4.31. The third-order valence-corrected chi connectivity index (χ3v) is 6.03. The van der Waals surface area contributed by atoms with Crippen LogP contribution in [0.4, 0.5) is 0 Å². The molecule has 1 saturated heterocycles. The molecule has 1 aliphatic heterocycles.